The topological polar surface area (TPSA) is 103 Å². The molecular formula is C26H29ClN4O4. The molecule has 4 rings (SSSR count). The number of ether oxygens (including phenoxy) is 2. The average molecular weight is 497 g/mol. The van der Waals surface area contributed by atoms with Gasteiger partial charge in [0.15, 0.2) is 0 Å². The number of H-pyrrole nitrogens is 1. The smallest absolute Gasteiger partial charge is 0.308 e. The summed E-state index contributed by atoms with van der Waals surface area (Å²) in [6, 6.07) is 7.75. The average Bonchev–Trinajstić information content (AvgIpc) is 3.51. The summed E-state index contributed by atoms with van der Waals surface area (Å²) in [5, 5.41) is 5.62. The van der Waals surface area contributed by atoms with Crippen molar-refractivity contribution in [3.63, 3.8) is 0 Å². The van der Waals surface area contributed by atoms with E-state index in [2.05, 4.69) is 26.2 Å². The molecule has 3 aromatic heterocycles. The fourth-order valence-corrected chi connectivity index (χ4v) is 4.21. The van der Waals surface area contributed by atoms with Crippen LogP contribution in [0.4, 0.5) is 0 Å². The number of esters is 1. The number of carbonyl (C=O) groups is 1. The van der Waals surface area contributed by atoms with E-state index in [1.54, 1.807) is 12.3 Å². The lowest BCUT2D eigenvalue weighted by Gasteiger charge is -2.14. The molecule has 8 nitrogen and oxygen atoms in total. The molecule has 35 heavy (non-hydrogen) atoms. The first-order valence-electron chi connectivity index (χ1n) is 11.8. The van der Waals surface area contributed by atoms with Crippen LogP contribution < -0.4 is 4.74 Å². The van der Waals surface area contributed by atoms with Crippen molar-refractivity contribution in [2.45, 2.75) is 53.1 Å². The molecule has 0 bridgehead atoms. The maximum absolute atomic E-state index is 12.2. The number of rotatable bonds is 10. The van der Waals surface area contributed by atoms with Crippen molar-refractivity contribution in [1.82, 2.24) is 20.1 Å². The summed E-state index contributed by atoms with van der Waals surface area (Å²) in [5.74, 6) is 0.892. The number of hydrogen-bond donors (Lipinski definition) is 1. The van der Waals surface area contributed by atoms with Crippen LogP contribution in [-0.2, 0) is 16.0 Å². The van der Waals surface area contributed by atoms with Gasteiger partial charge < -0.3 is 19.0 Å². The van der Waals surface area contributed by atoms with Crippen LogP contribution in [0.5, 0.6) is 5.88 Å². The largest absolute Gasteiger partial charge is 0.474 e. The van der Waals surface area contributed by atoms with Gasteiger partial charge in [-0.15, -0.1) is 0 Å². The van der Waals surface area contributed by atoms with Crippen LogP contribution in [0.15, 0.2) is 41.2 Å². The van der Waals surface area contributed by atoms with Gasteiger partial charge in [-0.1, -0.05) is 29.7 Å². The van der Waals surface area contributed by atoms with E-state index >= 15 is 0 Å². The van der Waals surface area contributed by atoms with Crippen molar-refractivity contribution in [3.8, 4) is 28.7 Å². The van der Waals surface area contributed by atoms with Crippen LogP contribution in [0, 0.1) is 5.92 Å². The van der Waals surface area contributed by atoms with Gasteiger partial charge in [0.05, 0.1) is 29.7 Å². The predicted molar refractivity (Wildman–Crippen MR) is 134 cm³/mol. The van der Waals surface area contributed by atoms with Gasteiger partial charge in [0.1, 0.15) is 5.02 Å². The standard InChI is InChI=1S/C26H29ClN4O4/c1-5-16(26(32)33-6-2)7-8-17-9-10-20(22-19(17)11-12-28-22)23-30-24(35-31-23)18-13-21(27)25(29-14-18)34-15(3)4/h9-16,28H,5-8H2,1-4H3. The first-order chi connectivity index (χ1) is 16.9. The monoisotopic (exact) mass is 496 g/mol. The molecule has 0 amide bonds. The molecule has 0 aliphatic carbocycles. The number of nitrogens with zero attached hydrogens (tertiary/aromatic N) is 3. The van der Waals surface area contributed by atoms with E-state index in [4.69, 9.17) is 25.6 Å². The van der Waals surface area contributed by atoms with Gasteiger partial charge >= 0.3 is 5.97 Å². The zero-order valence-corrected chi connectivity index (χ0v) is 21.1. The Hall–Kier alpha value is -3.39. The summed E-state index contributed by atoms with van der Waals surface area (Å²) in [6.45, 7) is 8.06. The summed E-state index contributed by atoms with van der Waals surface area (Å²) in [6.07, 6.45) is 5.69. The first kappa shape index (κ1) is 24.7. The highest BCUT2D eigenvalue weighted by Crippen LogP contribution is 2.32. The third kappa shape index (κ3) is 5.48. The molecule has 4 aromatic rings. The van der Waals surface area contributed by atoms with Gasteiger partial charge in [-0.3, -0.25) is 4.79 Å². The Balaban J connectivity index is 1.57. The highest BCUT2D eigenvalue weighted by molar-refractivity contribution is 6.32. The summed E-state index contributed by atoms with van der Waals surface area (Å²) in [7, 11) is 0. The summed E-state index contributed by atoms with van der Waals surface area (Å²) >= 11 is 6.32. The Morgan fingerprint density at radius 1 is 1.23 bits per heavy atom. The summed E-state index contributed by atoms with van der Waals surface area (Å²) in [5.41, 5.74) is 3.48. The maximum atomic E-state index is 12.2. The maximum Gasteiger partial charge on any atom is 0.308 e. The Morgan fingerprint density at radius 3 is 2.77 bits per heavy atom. The van der Waals surface area contributed by atoms with Crippen LogP contribution in [0.3, 0.4) is 0 Å². The van der Waals surface area contributed by atoms with Gasteiger partial charge in [0.25, 0.3) is 5.89 Å². The Bertz CT molecular complexity index is 1310. The second-order valence-electron chi connectivity index (χ2n) is 8.54. The molecule has 1 unspecified atom stereocenters. The number of hydrogen-bond acceptors (Lipinski definition) is 7. The minimum Gasteiger partial charge on any atom is -0.474 e. The molecule has 0 saturated carbocycles. The lowest BCUT2D eigenvalue weighted by molar-refractivity contribution is -0.148. The Kier molecular flexibility index (Phi) is 7.70. The number of fused-ring (bicyclic) bond motifs is 1. The summed E-state index contributed by atoms with van der Waals surface area (Å²) < 4.78 is 16.3. The van der Waals surface area contributed by atoms with E-state index in [-0.39, 0.29) is 18.0 Å². The molecular weight excluding hydrogens is 468 g/mol. The zero-order chi connectivity index (χ0) is 24.9. The molecule has 0 saturated heterocycles. The number of aryl methyl sites for hydroxylation is 1. The molecule has 0 aliphatic rings. The number of benzene rings is 1. The van der Waals surface area contributed by atoms with Crippen LogP contribution >= 0.6 is 11.6 Å². The van der Waals surface area contributed by atoms with E-state index < -0.39 is 0 Å². The van der Waals surface area contributed by atoms with Crippen molar-refractivity contribution in [3.05, 3.63) is 47.2 Å². The fraction of sp³-hybridized carbons (Fsp3) is 0.385. The van der Waals surface area contributed by atoms with Crippen molar-refractivity contribution in [2.75, 3.05) is 6.61 Å². The molecule has 1 aromatic carbocycles. The molecule has 1 N–H and O–H groups in total. The highest BCUT2D eigenvalue weighted by Gasteiger charge is 2.20. The van der Waals surface area contributed by atoms with Crippen molar-refractivity contribution in [2.24, 2.45) is 5.92 Å². The third-order valence-corrected chi connectivity index (χ3v) is 6.03. The lowest BCUT2D eigenvalue weighted by Crippen LogP contribution is -2.17. The second kappa shape index (κ2) is 10.9. The van der Waals surface area contributed by atoms with Gasteiger partial charge in [0.2, 0.25) is 11.7 Å². The number of nitrogens with one attached hydrogen (secondary N) is 1. The van der Waals surface area contributed by atoms with E-state index in [0.29, 0.717) is 34.8 Å². The first-order valence-corrected chi connectivity index (χ1v) is 12.2. The molecule has 1 atom stereocenters. The van der Waals surface area contributed by atoms with Gasteiger partial charge in [-0.25, -0.2) is 4.98 Å². The third-order valence-electron chi connectivity index (χ3n) is 5.76. The number of aromatic amines is 1. The minimum absolute atomic E-state index is 0.0370. The van der Waals surface area contributed by atoms with E-state index in [9.17, 15) is 4.79 Å². The van der Waals surface area contributed by atoms with Crippen molar-refractivity contribution >= 4 is 28.5 Å². The van der Waals surface area contributed by atoms with Crippen molar-refractivity contribution in [1.29, 1.82) is 0 Å². The highest BCUT2D eigenvalue weighted by atomic mass is 35.5. The summed E-state index contributed by atoms with van der Waals surface area (Å²) in [4.78, 5) is 24.3. The van der Waals surface area contributed by atoms with E-state index in [0.717, 1.165) is 41.3 Å². The number of carbonyl (C=O) groups excluding carboxylic acids is 1. The van der Waals surface area contributed by atoms with E-state index in [1.807, 2.05) is 46.0 Å². The van der Waals surface area contributed by atoms with Crippen LogP contribution in [0.2, 0.25) is 5.02 Å². The number of pyridine rings is 1. The zero-order valence-electron chi connectivity index (χ0n) is 20.3. The number of halogens is 1. The Labute approximate surface area is 209 Å². The predicted octanol–water partition coefficient (Wildman–Crippen LogP) is 6.24. The Morgan fingerprint density at radius 2 is 2.06 bits per heavy atom. The molecule has 0 radical (unpaired) electrons. The van der Waals surface area contributed by atoms with Gasteiger partial charge in [0, 0.05) is 23.3 Å². The number of aromatic nitrogens is 4. The molecule has 0 fully saturated rings. The quantitative estimate of drug-likeness (QED) is 0.259. The van der Waals surface area contributed by atoms with Crippen LogP contribution in [-0.4, -0.2) is 38.8 Å². The van der Waals surface area contributed by atoms with Crippen molar-refractivity contribution < 1.29 is 18.8 Å². The second-order valence-corrected chi connectivity index (χ2v) is 8.94. The van der Waals surface area contributed by atoms with Crippen LogP contribution in [0.25, 0.3) is 33.7 Å². The molecule has 3 heterocycles. The van der Waals surface area contributed by atoms with Crippen LogP contribution in [0.1, 0.15) is 46.1 Å². The molecule has 9 heteroatoms. The molecule has 0 aliphatic heterocycles. The fourth-order valence-electron chi connectivity index (χ4n) is 4.00. The lowest BCUT2D eigenvalue weighted by atomic mass is 9.94. The minimum atomic E-state index is -0.130. The SMILES string of the molecule is CCOC(=O)C(CC)CCc1ccc(-c2noc(-c3cnc(OC(C)C)c(Cl)c3)n2)c2[nH]ccc12. The normalized spacial score (nSPS) is 12.3. The molecule has 184 valence electrons. The molecule has 0 spiro atoms. The van der Waals surface area contributed by atoms with E-state index in [1.165, 1.54) is 0 Å². The van der Waals surface area contributed by atoms with Gasteiger partial charge in [-0.2, -0.15) is 4.98 Å². The van der Waals surface area contributed by atoms with Gasteiger partial charge in [-0.05, 0) is 63.8 Å².